The molecule has 8 heteroatoms. The predicted octanol–water partition coefficient (Wildman–Crippen LogP) is 1.35. The summed E-state index contributed by atoms with van der Waals surface area (Å²) < 4.78 is 15.1. The lowest BCUT2D eigenvalue weighted by molar-refractivity contribution is -0.142. The third-order valence-corrected chi connectivity index (χ3v) is 4.00. The van der Waals surface area contributed by atoms with Crippen molar-refractivity contribution in [1.82, 2.24) is 0 Å². The smallest absolute Gasteiger partial charge is 0.343 e. The first-order valence-electron chi connectivity index (χ1n) is 7.48. The summed E-state index contributed by atoms with van der Waals surface area (Å²) in [7, 11) is 1.29. The zero-order valence-corrected chi connectivity index (χ0v) is 14.4. The van der Waals surface area contributed by atoms with E-state index in [0.717, 1.165) is 0 Å². The maximum atomic E-state index is 12.6. The lowest BCUT2D eigenvalue weighted by atomic mass is 9.79. The van der Waals surface area contributed by atoms with E-state index in [1.54, 1.807) is 24.3 Å². The molecule has 1 fully saturated rings. The first kappa shape index (κ1) is 20.2. The molecule has 0 aliphatic carbocycles. The molecular weight excluding hydrogens is 336 g/mol. The number of benzene rings is 1. The van der Waals surface area contributed by atoms with Crippen LogP contribution in [0.15, 0.2) is 24.3 Å². The minimum absolute atomic E-state index is 0. The molecule has 2 rings (SSSR count). The zero-order valence-electron chi connectivity index (χ0n) is 13.6. The third kappa shape index (κ3) is 5.09. The number of halogens is 1. The zero-order chi connectivity index (χ0) is 16.7. The third-order valence-electron chi connectivity index (χ3n) is 4.00. The number of carbonyl (C=O) groups excluding carboxylic acids is 2. The molecule has 1 aromatic carbocycles. The van der Waals surface area contributed by atoms with Gasteiger partial charge in [-0.1, -0.05) is 6.07 Å². The van der Waals surface area contributed by atoms with Crippen molar-refractivity contribution in [3.05, 3.63) is 24.3 Å². The summed E-state index contributed by atoms with van der Waals surface area (Å²) in [5.41, 5.74) is 5.82. The number of anilines is 1. The van der Waals surface area contributed by atoms with Gasteiger partial charge in [0.1, 0.15) is 5.75 Å². The van der Waals surface area contributed by atoms with E-state index < -0.39 is 11.4 Å². The van der Waals surface area contributed by atoms with Crippen LogP contribution in [0.25, 0.3) is 0 Å². The van der Waals surface area contributed by atoms with E-state index in [9.17, 15) is 9.59 Å². The molecule has 1 heterocycles. The summed E-state index contributed by atoms with van der Waals surface area (Å²) in [5, 5.41) is 2.87. The molecule has 134 valence electrons. The second-order valence-corrected chi connectivity index (χ2v) is 5.44. The number of hydrogen-bond acceptors (Lipinski definition) is 6. The van der Waals surface area contributed by atoms with Gasteiger partial charge in [-0.25, -0.2) is 4.79 Å². The highest BCUT2D eigenvalue weighted by molar-refractivity contribution is 5.95. The van der Waals surface area contributed by atoms with Crippen molar-refractivity contribution >= 4 is 30.0 Å². The van der Waals surface area contributed by atoms with Crippen molar-refractivity contribution in [3.63, 3.8) is 0 Å². The van der Waals surface area contributed by atoms with Gasteiger partial charge in [0, 0.05) is 31.5 Å². The average molecular weight is 359 g/mol. The summed E-state index contributed by atoms with van der Waals surface area (Å²) in [5.74, 6) is -0.112. The highest BCUT2D eigenvalue weighted by Crippen LogP contribution is 2.31. The van der Waals surface area contributed by atoms with Crippen LogP contribution < -0.4 is 15.8 Å². The van der Waals surface area contributed by atoms with Crippen LogP contribution in [0.4, 0.5) is 5.69 Å². The first-order valence-corrected chi connectivity index (χ1v) is 7.48. The van der Waals surface area contributed by atoms with Crippen molar-refractivity contribution in [2.24, 2.45) is 11.1 Å². The number of hydrogen-bond donors (Lipinski definition) is 2. The molecule has 0 spiro atoms. The van der Waals surface area contributed by atoms with Crippen molar-refractivity contribution in [3.8, 4) is 5.75 Å². The second kappa shape index (κ2) is 9.46. The number of nitrogens with two attached hydrogens (primary N) is 1. The number of carbonyl (C=O) groups is 2. The molecule has 24 heavy (non-hydrogen) atoms. The summed E-state index contributed by atoms with van der Waals surface area (Å²) in [4.78, 5) is 23.7. The molecule has 0 bridgehead atoms. The fourth-order valence-corrected chi connectivity index (χ4v) is 2.41. The van der Waals surface area contributed by atoms with E-state index >= 15 is 0 Å². The highest BCUT2D eigenvalue weighted by atomic mass is 35.5. The van der Waals surface area contributed by atoms with Crippen molar-refractivity contribution < 1.29 is 23.8 Å². The Labute approximate surface area is 147 Å². The Morgan fingerprint density at radius 1 is 1.33 bits per heavy atom. The number of nitrogens with one attached hydrogen (secondary N) is 1. The van der Waals surface area contributed by atoms with E-state index in [2.05, 4.69) is 10.1 Å². The number of rotatable bonds is 6. The van der Waals surface area contributed by atoms with E-state index in [1.807, 2.05) is 0 Å². The van der Waals surface area contributed by atoms with Gasteiger partial charge < -0.3 is 25.3 Å². The quantitative estimate of drug-likeness (QED) is 0.745. The van der Waals surface area contributed by atoms with Gasteiger partial charge in [-0.2, -0.15) is 0 Å². The summed E-state index contributed by atoms with van der Waals surface area (Å²) in [6, 6.07) is 6.85. The number of methoxy groups -OCH3 is 1. The lowest BCUT2D eigenvalue weighted by Gasteiger charge is -2.34. The minimum Gasteiger partial charge on any atom is -0.482 e. The maximum Gasteiger partial charge on any atom is 0.343 e. The van der Waals surface area contributed by atoms with Crippen LogP contribution >= 0.6 is 12.4 Å². The topological polar surface area (TPSA) is 99.9 Å². The SMILES string of the molecule is COC(=O)COc1cccc(NC(=O)C2(CN)CCOCC2)c1.Cl. The first-order chi connectivity index (χ1) is 11.1. The van der Waals surface area contributed by atoms with Crippen molar-refractivity contribution in [2.45, 2.75) is 12.8 Å². The Hall–Kier alpha value is -1.83. The van der Waals surface area contributed by atoms with Gasteiger partial charge in [-0.3, -0.25) is 4.79 Å². The van der Waals surface area contributed by atoms with Crippen LogP contribution in [0.2, 0.25) is 0 Å². The van der Waals surface area contributed by atoms with E-state index in [0.29, 0.717) is 37.5 Å². The van der Waals surface area contributed by atoms with Crippen LogP contribution in [0, 0.1) is 5.41 Å². The predicted molar refractivity (Wildman–Crippen MR) is 91.4 cm³/mol. The standard InChI is InChI=1S/C16H22N2O5.ClH/c1-21-14(19)10-23-13-4-2-3-12(9-13)18-15(20)16(11-17)5-7-22-8-6-16;/h2-4,9H,5-8,10-11,17H2,1H3,(H,18,20);1H. The van der Waals surface area contributed by atoms with Crippen LogP contribution in [-0.4, -0.2) is 45.4 Å². The lowest BCUT2D eigenvalue weighted by Crippen LogP contribution is -2.46. The molecule has 1 amide bonds. The fourth-order valence-electron chi connectivity index (χ4n) is 2.41. The Balaban J connectivity index is 0.00000288. The highest BCUT2D eigenvalue weighted by Gasteiger charge is 2.38. The average Bonchev–Trinajstić information content (AvgIpc) is 2.60. The Bertz CT molecular complexity index is 561. The molecule has 0 aromatic heterocycles. The van der Waals surface area contributed by atoms with Crippen LogP contribution in [-0.2, 0) is 19.1 Å². The summed E-state index contributed by atoms with van der Waals surface area (Å²) in [6.45, 7) is 1.17. The molecular formula is C16H23ClN2O5. The summed E-state index contributed by atoms with van der Waals surface area (Å²) >= 11 is 0. The van der Waals surface area contributed by atoms with Crippen LogP contribution in [0.1, 0.15) is 12.8 Å². The number of esters is 1. The molecule has 3 N–H and O–H groups in total. The van der Waals surface area contributed by atoms with E-state index in [1.165, 1.54) is 7.11 Å². The summed E-state index contributed by atoms with van der Waals surface area (Å²) in [6.07, 6.45) is 1.21. The molecule has 1 aromatic rings. The van der Waals surface area contributed by atoms with Gasteiger partial charge in [0.05, 0.1) is 12.5 Å². The fraction of sp³-hybridized carbons (Fsp3) is 0.500. The molecule has 1 aliphatic heterocycles. The van der Waals surface area contributed by atoms with Gasteiger partial charge in [0.25, 0.3) is 0 Å². The van der Waals surface area contributed by atoms with E-state index in [4.69, 9.17) is 15.2 Å². The van der Waals surface area contributed by atoms with Gasteiger partial charge in [0.2, 0.25) is 5.91 Å². The molecule has 0 unspecified atom stereocenters. The van der Waals surface area contributed by atoms with Gasteiger partial charge in [-0.15, -0.1) is 12.4 Å². The largest absolute Gasteiger partial charge is 0.482 e. The van der Waals surface area contributed by atoms with Crippen molar-refractivity contribution in [1.29, 1.82) is 0 Å². The van der Waals surface area contributed by atoms with Crippen LogP contribution in [0.3, 0.4) is 0 Å². The molecule has 7 nitrogen and oxygen atoms in total. The van der Waals surface area contributed by atoms with Gasteiger partial charge in [0.15, 0.2) is 6.61 Å². The van der Waals surface area contributed by atoms with Crippen molar-refractivity contribution in [2.75, 3.05) is 38.8 Å². The normalized spacial score (nSPS) is 15.8. The maximum absolute atomic E-state index is 12.6. The Morgan fingerprint density at radius 2 is 2.04 bits per heavy atom. The number of amides is 1. The molecule has 1 aliphatic rings. The number of ether oxygens (including phenoxy) is 3. The van der Waals surface area contributed by atoms with E-state index in [-0.39, 0.29) is 31.5 Å². The van der Waals surface area contributed by atoms with Crippen LogP contribution in [0.5, 0.6) is 5.75 Å². The Morgan fingerprint density at radius 3 is 2.67 bits per heavy atom. The Kier molecular flexibility index (Phi) is 7.97. The second-order valence-electron chi connectivity index (χ2n) is 5.44. The minimum atomic E-state index is -0.596. The molecule has 0 saturated carbocycles. The monoisotopic (exact) mass is 358 g/mol. The molecule has 1 saturated heterocycles. The van der Waals surface area contributed by atoms with Gasteiger partial charge in [-0.05, 0) is 25.0 Å². The molecule has 0 radical (unpaired) electrons. The molecule has 0 atom stereocenters. The van der Waals surface area contributed by atoms with Gasteiger partial charge >= 0.3 is 5.97 Å².